The van der Waals surface area contributed by atoms with Crippen molar-refractivity contribution in [1.29, 1.82) is 5.26 Å². The predicted octanol–water partition coefficient (Wildman–Crippen LogP) is 4.37. The number of benzene rings is 1. The van der Waals surface area contributed by atoms with Gasteiger partial charge >= 0.3 is 0 Å². The van der Waals surface area contributed by atoms with Crippen LogP contribution in [0.4, 0.5) is 0 Å². The van der Waals surface area contributed by atoms with Gasteiger partial charge in [-0.2, -0.15) is 5.26 Å². The van der Waals surface area contributed by atoms with E-state index in [1.165, 1.54) is 10.9 Å². The lowest BCUT2D eigenvalue weighted by Gasteiger charge is -2.08. The van der Waals surface area contributed by atoms with Crippen LogP contribution in [-0.2, 0) is 5.75 Å². The van der Waals surface area contributed by atoms with E-state index in [0.717, 1.165) is 40.5 Å². The quantitative estimate of drug-likeness (QED) is 0.524. The summed E-state index contributed by atoms with van der Waals surface area (Å²) in [5.41, 5.74) is 2.60. The monoisotopic (exact) mass is 332 g/mol. The van der Waals surface area contributed by atoms with Crippen LogP contribution in [0.5, 0.6) is 0 Å². The highest BCUT2D eigenvalue weighted by Gasteiger charge is 2.28. The third kappa shape index (κ3) is 2.98. The smallest absolute Gasteiger partial charge is 0.133 e. The number of thioether (sulfide) groups is 1. The fourth-order valence-corrected chi connectivity index (χ4v) is 3.68. The van der Waals surface area contributed by atoms with Gasteiger partial charge in [-0.1, -0.05) is 12.1 Å². The van der Waals surface area contributed by atoms with Gasteiger partial charge in [-0.25, -0.2) is 9.97 Å². The summed E-state index contributed by atoms with van der Waals surface area (Å²) in [6.07, 6.45) is 6.00. The first-order chi connectivity index (χ1) is 11.7. The first kappa shape index (κ1) is 15.1. The standard InChI is InChI=1S/C19H16N4S/c1-12-17(9-20)19(23-18(22-12)15-4-5-15)24-11-13-2-3-14-6-7-21-10-16(14)8-13/h2-3,6-8,10,15H,4-5,11H2,1H3. The molecule has 0 unspecified atom stereocenters. The SMILES string of the molecule is Cc1nc(C2CC2)nc(SCc2ccc3ccncc3c2)c1C#N. The summed E-state index contributed by atoms with van der Waals surface area (Å²) in [4.78, 5) is 13.3. The summed E-state index contributed by atoms with van der Waals surface area (Å²) in [5, 5.41) is 12.6. The van der Waals surface area contributed by atoms with Crippen LogP contribution >= 0.6 is 11.8 Å². The van der Waals surface area contributed by atoms with Gasteiger partial charge in [-0.3, -0.25) is 4.98 Å². The van der Waals surface area contributed by atoms with Gasteiger partial charge in [0.2, 0.25) is 0 Å². The molecule has 3 aromatic rings. The zero-order valence-electron chi connectivity index (χ0n) is 13.4. The van der Waals surface area contributed by atoms with Gasteiger partial charge in [0.25, 0.3) is 0 Å². The van der Waals surface area contributed by atoms with Gasteiger partial charge in [-0.15, -0.1) is 11.8 Å². The van der Waals surface area contributed by atoms with E-state index in [-0.39, 0.29) is 0 Å². The molecule has 0 bridgehead atoms. The van der Waals surface area contributed by atoms with E-state index < -0.39 is 0 Å². The van der Waals surface area contributed by atoms with Crippen LogP contribution in [0.3, 0.4) is 0 Å². The Labute approximate surface area is 145 Å². The number of rotatable bonds is 4. The van der Waals surface area contributed by atoms with Crippen LogP contribution in [0.25, 0.3) is 10.8 Å². The number of fused-ring (bicyclic) bond motifs is 1. The van der Waals surface area contributed by atoms with Crippen molar-refractivity contribution >= 4 is 22.5 Å². The zero-order valence-corrected chi connectivity index (χ0v) is 14.2. The lowest BCUT2D eigenvalue weighted by atomic mass is 10.1. The molecule has 118 valence electrons. The molecule has 0 spiro atoms. The lowest BCUT2D eigenvalue weighted by molar-refractivity contribution is 0.850. The number of hydrogen-bond donors (Lipinski definition) is 0. The average molecular weight is 332 g/mol. The second kappa shape index (κ2) is 6.21. The van der Waals surface area contributed by atoms with Crippen LogP contribution in [0.15, 0.2) is 41.7 Å². The van der Waals surface area contributed by atoms with Crippen molar-refractivity contribution in [1.82, 2.24) is 15.0 Å². The number of nitrogens with zero attached hydrogens (tertiary/aromatic N) is 4. The van der Waals surface area contributed by atoms with Crippen LogP contribution in [0.1, 0.15) is 41.4 Å². The number of aryl methyl sites for hydroxylation is 1. The number of pyridine rings is 1. The molecule has 0 saturated heterocycles. The second-order valence-corrected chi connectivity index (χ2v) is 7.04. The molecule has 1 aliphatic rings. The van der Waals surface area contributed by atoms with E-state index >= 15 is 0 Å². The van der Waals surface area contributed by atoms with Crippen molar-refractivity contribution in [2.75, 3.05) is 0 Å². The maximum atomic E-state index is 9.43. The Morgan fingerprint density at radius 1 is 1.21 bits per heavy atom. The van der Waals surface area contributed by atoms with E-state index in [9.17, 15) is 5.26 Å². The van der Waals surface area contributed by atoms with E-state index in [1.54, 1.807) is 18.0 Å². The highest BCUT2D eigenvalue weighted by atomic mass is 32.2. The number of nitriles is 1. The largest absolute Gasteiger partial charge is 0.264 e. The Morgan fingerprint density at radius 3 is 2.88 bits per heavy atom. The van der Waals surface area contributed by atoms with E-state index in [1.807, 2.05) is 19.2 Å². The maximum absolute atomic E-state index is 9.43. The highest BCUT2D eigenvalue weighted by molar-refractivity contribution is 7.98. The summed E-state index contributed by atoms with van der Waals surface area (Å²) in [5.74, 6) is 2.17. The molecule has 1 aliphatic carbocycles. The second-order valence-electron chi connectivity index (χ2n) is 6.08. The molecule has 4 rings (SSSR count). The molecule has 5 heteroatoms. The summed E-state index contributed by atoms with van der Waals surface area (Å²) in [7, 11) is 0. The Bertz CT molecular complexity index is 957. The van der Waals surface area contributed by atoms with Crippen molar-refractivity contribution in [3.8, 4) is 6.07 Å². The van der Waals surface area contributed by atoms with Crippen molar-refractivity contribution in [3.63, 3.8) is 0 Å². The summed E-state index contributed by atoms with van der Waals surface area (Å²) in [6, 6.07) is 10.7. The van der Waals surface area contributed by atoms with Crippen molar-refractivity contribution in [2.45, 2.75) is 36.5 Å². The molecule has 0 atom stereocenters. The Hall–Kier alpha value is -2.45. The third-order valence-corrected chi connectivity index (χ3v) is 5.26. The Morgan fingerprint density at radius 2 is 2.08 bits per heavy atom. The minimum atomic E-state index is 0.488. The molecular formula is C19H16N4S. The normalized spacial score (nSPS) is 13.8. The topological polar surface area (TPSA) is 62.5 Å². The minimum absolute atomic E-state index is 0.488. The first-order valence-corrected chi connectivity index (χ1v) is 8.97. The van der Waals surface area contributed by atoms with Crippen LogP contribution < -0.4 is 0 Å². The van der Waals surface area contributed by atoms with E-state index in [0.29, 0.717) is 11.5 Å². The average Bonchev–Trinajstić information content (AvgIpc) is 3.44. The van der Waals surface area contributed by atoms with Crippen molar-refractivity contribution < 1.29 is 0 Å². The molecule has 2 heterocycles. The van der Waals surface area contributed by atoms with Crippen LogP contribution in [0, 0.1) is 18.3 Å². The van der Waals surface area contributed by atoms with Gasteiger partial charge in [0.1, 0.15) is 22.5 Å². The zero-order chi connectivity index (χ0) is 16.5. The molecule has 1 fully saturated rings. The van der Waals surface area contributed by atoms with Crippen molar-refractivity contribution in [3.05, 3.63) is 59.3 Å². The number of aromatic nitrogens is 3. The fourth-order valence-electron chi connectivity index (χ4n) is 2.70. The molecule has 0 N–H and O–H groups in total. The Balaban J connectivity index is 1.61. The highest BCUT2D eigenvalue weighted by Crippen LogP contribution is 2.39. The third-order valence-electron chi connectivity index (χ3n) is 4.21. The minimum Gasteiger partial charge on any atom is -0.264 e. The maximum Gasteiger partial charge on any atom is 0.133 e. The molecule has 0 aliphatic heterocycles. The summed E-state index contributed by atoms with van der Waals surface area (Å²) < 4.78 is 0. The lowest BCUT2D eigenvalue weighted by Crippen LogP contribution is -2.01. The van der Waals surface area contributed by atoms with Gasteiger partial charge < -0.3 is 0 Å². The summed E-state index contributed by atoms with van der Waals surface area (Å²) >= 11 is 1.61. The van der Waals surface area contributed by atoms with Gasteiger partial charge in [0.15, 0.2) is 0 Å². The van der Waals surface area contributed by atoms with Gasteiger partial charge in [0, 0.05) is 29.5 Å². The molecule has 0 radical (unpaired) electrons. The molecule has 1 saturated carbocycles. The Kier molecular flexibility index (Phi) is 3.91. The molecule has 24 heavy (non-hydrogen) atoms. The molecule has 2 aromatic heterocycles. The van der Waals surface area contributed by atoms with Crippen molar-refractivity contribution in [2.24, 2.45) is 0 Å². The number of hydrogen-bond acceptors (Lipinski definition) is 5. The molecule has 0 amide bonds. The van der Waals surface area contributed by atoms with Crippen LogP contribution in [-0.4, -0.2) is 15.0 Å². The first-order valence-electron chi connectivity index (χ1n) is 7.98. The molecular weight excluding hydrogens is 316 g/mol. The van der Waals surface area contributed by atoms with E-state index in [2.05, 4.69) is 39.2 Å². The summed E-state index contributed by atoms with van der Waals surface area (Å²) in [6.45, 7) is 1.90. The molecule has 1 aromatic carbocycles. The molecule has 4 nitrogen and oxygen atoms in total. The fraction of sp³-hybridized carbons (Fsp3) is 0.263. The van der Waals surface area contributed by atoms with Gasteiger partial charge in [-0.05, 0) is 42.8 Å². The van der Waals surface area contributed by atoms with Gasteiger partial charge in [0.05, 0.1) is 5.69 Å². The van der Waals surface area contributed by atoms with Crippen LogP contribution in [0.2, 0.25) is 0 Å². The van der Waals surface area contributed by atoms with E-state index in [4.69, 9.17) is 0 Å². The predicted molar refractivity (Wildman–Crippen MR) is 94.8 cm³/mol.